The van der Waals surface area contributed by atoms with Gasteiger partial charge in [-0.3, -0.25) is 14.5 Å². The number of piperazine rings is 1. The molecule has 3 rings (SSSR count). The Hall–Kier alpha value is -3.88. The fourth-order valence-electron chi connectivity index (χ4n) is 4.12. The van der Waals surface area contributed by atoms with Gasteiger partial charge in [0.2, 0.25) is 17.6 Å². The molecule has 0 bridgehead atoms. The predicted molar refractivity (Wildman–Crippen MR) is 141 cm³/mol. The first kappa shape index (κ1) is 32.3. The number of carboxylic acid groups (broad SMARTS) is 2. The van der Waals surface area contributed by atoms with Crippen LogP contribution in [-0.4, -0.2) is 138 Å². The second-order valence-corrected chi connectivity index (χ2v) is 9.05. The summed E-state index contributed by atoms with van der Waals surface area (Å²) in [6, 6.07) is 3.60. The predicted octanol–water partition coefficient (Wildman–Crippen LogP) is -0.630. The third-order valence-corrected chi connectivity index (χ3v) is 6.41. The van der Waals surface area contributed by atoms with Crippen molar-refractivity contribution in [1.82, 2.24) is 14.7 Å². The largest absolute Gasteiger partial charge is 0.493 e. The van der Waals surface area contributed by atoms with Gasteiger partial charge in [0.25, 0.3) is 0 Å². The number of amides is 2. The molecule has 2 aliphatic heterocycles. The standard InChI is InChI=1S/C22H31N3O5.C4H6O6/c1-28-18-14-17(15-19(29-2)22(18)30-3)6-7-20(26)25-12-10-23(11-13-25)16-21(27)24-8-4-5-9-24;5-1(3(7)8)2(6)4(9)10/h6-7,14-15H,4-5,8-13,16H2,1-3H3;1-2,5-6H,(H,7,8)(H,9,10)/b7-6+;. The minimum Gasteiger partial charge on any atom is -0.493 e. The molecule has 0 spiro atoms. The van der Waals surface area contributed by atoms with Crippen molar-refractivity contribution in [2.75, 3.05) is 67.1 Å². The number of carbonyl (C=O) groups excluding carboxylic acids is 2. The van der Waals surface area contributed by atoms with Gasteiger partial charge in [0.15, 0.2) is 23.7 Å². The summed E-state index contributed by atoms with van der Waals surface area (Å²) in [5.74, 6) is -1.78. The Morgan fingerprint density at radius 2 is 1.30 bits per heavy atom. The molecule has 4 N–H and O–H groups in total. The van der Waals surface area contributed by atoms with Crippen molar-refractivity contribution in [1.29, 1.82) is 0 Å². The van der Waals surface area contributed by atoms with Crippen molar-refractivity contribution in [3.05, 3.63) is 23.8 Å². The van der Waals surface area contributed by atoms with Crippen LogP contribution in [0, 0.1) is 0 Å². The van der Waals surface area contributed by atoms with E-state index in [4.69, 9.17) is 34.6 Å². The van der Waals surface area contributed by atoms with Gasteiger partial charge in [0, 0.05) is 45.3 Å². The highest BCUT2D eigenvalue weighted by atomic mass is 16.5. The normalized spacial score (nSPS) is 17.0. The van der Waals surface area contributed by atoms with Gasteiger partial charge < -0.3 is 44.4 Å². The van der Waals surface area contributed by atoms with Crippen molar-refractivity contribution >= 4 is 29.8 Å². The number of methoxy groups -OCH3 is 3. The average molecular weight is 568 g/mol. The van der Waals surface area contributed by atoms with Gasteiger partial charge in [-0.15, -0.1) is 0 Å². The highest BCUT2D eigenvalue weighted by Gasteiger charge is 2.29. The van der Waals surface area contributed by atoms with Gasteiger partial charge in [-0.25, -0.2) is 9.59 Å². The van der Waals surface area contributed by atoms with E-state index in [-0.39, 0.29) is 11.8 Å². The van der Waals surface area contributed by atoms with Crippen LogP contribution in [0.3, 0.4) is 0 Å². The molecule has 2 aliphatic rings. The summed E-state index contributed by atoms with van der Waals surface area (Å²) >= 11 is 0. The third-order valence-electron chi connectivity index (χ3n) is 6.41. The maximum Gasteiger partial charge on any atom is 0.335 e. The molecule has 2 saturated heterocycles. The van der Waals surface area contributed by atoms with Crippen LogP contribution in [0.4, 0.5) is 0 Å². The van der Waals surface area contributed by atoms with Crippen molar-refractivity contribution in [3.63, 3.8) is 0 Å². The van der Waals surface area contributed by atoms with E-state index in [9.17, 15) is 19.2 Å². The number of benzene rings is 1. The lowest BCUT2D eigenvalue weighted by Gasteiger charge is -2.34. The molecular formula is C26H37N3O11. The third kappa shape index (κ3) is 9.10. The highest BCUT2D eigenvalue weighted by Crippen LogP contribution is 2.38. The van der Waals surface area contributed by atoms with E-state index < -0.39 is 24.1 Å². The number of hydrogen-bond donors (Lipinski definition) is 4. The van der Waals surface area contributed by atoms with E-state index in [1.165, 1.54) is 0 Å². The molecule has 2 atom stereocenters. The number of ether oxygens (including phenoxy) is 3. The number of nitrogens with zero attached hydrogens (tertiary/aromatic N) is 3. The van der Waals surface area contributed by atoms with Crippen LogP contribution in [0.2, 0.25) is 0 Å². The Bertz CT molecular complexity index is 1020. The molecule has 0 aromatic heterocycles. The van der Waals surface area contributed by atoms with Crippen LogP contribution in [0.15, 0.2) is 18.2 Å². The molecule has 1 aromatic carbocycles. The van der Waals surface area contributed by atoms with Gasteiger partial charge >= 0.3 is 11.9 Å². The summed E-state index contributed by atoms with van der Waals surface area (Å²) in [5.41, 5.74) is 0.785. The zero-order valence-corrected chi connectivity index (χ0v) is 22.8. The van der Waals surface area contributed by atoms with Gasteiger partial charge in [-0.1, -0.05) is 0 Å². The Morgan fingerprint density at radius 3 is 1.73 bits per heavy atom. The number of aliphatic carboxylic acids is 2. The van der Waals surface area contributed by atoms with E-state index in [1.54, 1.807) is 45.6 Å². The van der Waals surface area contributed by atoms with Gasteiger partial charge in [0.05, 0.1) is 27.9 Å². The summed E-state index contributed by atoms with van der Waals surface area (Å²) in [5, 5.41) is 32.5. The van der Waals surface area contributed by atoms with Crippen molar-refractivity contribution < 1.29 is 53.8 Å². The quantitative estimate of drug-likeness (QED) is 0.263. The molecule has 2 unspecified atom stereocenters. The number of carbonyl (C=O) groups is 4. The number of likely N-dealkylation sites (tertiary alicyclic amines) is 1. The summed E-state index contributed by atoms with van der Waals surface area (Å²) < 4.78 is 16.0. The van der Waals surface area contributed by atoms with Gasteiger partial charge in [-0.05, 0) is 36.6 Å². The number of carboxylic acids is 2. The van der Waals surface area contributed by atoms with E-state index in [0.717, 1.165) is 31.5 Å². The second-order valence-electron chi connectivity index (χ2n) is 9.05. The van der Waals surface area contributed by atoms with Crippen molar-refractivity contribution in [2.45, 2.75) is 25.0 Å². The first-order valence-corrected chi connectivity index (χ1v) is 12.6. The fraction of sp³-hybridized carbons (Fsp3) is 0.538. The molecule has 0 radical (unpaired) electrons. The number of hydrogen-bond acceptors (Lipinski definition) is 10. The lowest BCUT2D eigenvalue weighted by molar-refractivity contribution is -0.165. The van der Waals surface area contributed by atoms with Crippen LogP contribution >= 0.6 is 0 Å². The maximum absolute atomic E-state index is 12.6. The Morgan fingerprint density at radius 1 is 0.800 bits per heavy atom. The molecule has 14 heteroatoms. The molecule has 2 fully saturated rings. The summed E-state index contributed by atoms with van der Waals surface area (Å²) in [6.45, 7) is 4.86. The molecular weight excluding hydrogens is 530 g/mol. The fourth-order valence-corrected chi connectivity index (χ4v) is 4.12. The lowest BCUT2D eigenvalue weighted by Crippen LogP contribution is -2.51. The van der Waals surface area contributed by atoms with Crippen LogP contribution in [0.1, 0.15) is 18.4 Å². The summed E-state index contributed by atoms with van der Waals surface area (Å²) in [4.78, 5) is 50.3. The first-order valence-electron chi connectivity index (χ1n) is 12.6. The molecule has 0 saturated carbocycles. The first-order chi connectivity index (χ1) is 19.0. The monoisotopic (exact) mass is 567 g/mol. The molecule has 1 aromatic rings. The van der Waals surface area contributed by atoms with Crippen molar-refractivity contribution in [3.8, 4) is 17.2 Å². The Balaban J connectivity index is 0.000000478. The zero-order valence-electron chi connectivity index (χ0n) is 22.8. The van der Waals surface area contributed by atoms with E-state index >= 15 is 0 Å². The number of aliphatic hydroxyl groups excluding tert-OH is 2. The van der Waals surface area contributed by atoms with E-state index in [1.807, 2.05) is 9.80 Å². The van der Waals surface area contributed by atoms with E-state index in [2.05, 4.69) is 4.90 Å². The topological polar surface area (TPSA) is 187 Å². The molecule has 2 heterocycles. The number of aliphatic hydroxyl groups is 2. The SMILES string of the molecule is COc1cc(/C=C/C(=O)N2CCN(CC(=O)N3CCCC3)CC2)cc(OC)c1OC.O=C(O)C(O)C(O)C(=O)O. The molecule has 40 heavy (non-hydrogen) atoms. The minimum absolute atomic E-state index is 0.0470. The summed E-state index contributed by atoms with van der Waals surface area (Å²) in [7, 11) is 4.67. The molecule has 222 valence electrons. The maximum atomic E-state index is 12.6. The van der Waals surface area contributed by atoms with Crippen LogP contribution in [-0.2, 0) is 19.2 Å². The van der Waals surface area contributed by atoms with Crippen molar-refractivity contribution in [2.24, 2.45) is 0 Å². The Kier molecular flexibility index (Phi) is 12.6. The number of rotatable bonds is 10. The Labute approximate surface area is 231 Å². The highest BCUT2D eigenvalue weighted by molar-refractivity contribution is 5.92. The van der Waals surface area contributed by atoms with Crippen LogP contribution in [0.5, 0.6) is 17.2 Å². The second kappa shape index (κ2) is 15.6. The molecule has 14 nitrogen and oxygen atoms in total. The smallest absolute Gasteiger partial charge is 0.335 e. The van der Waals surface area contributed by atoms with Crippen LogP contribution < -0.4 is 14.2 Å². The summed E-state index contributed by atoms with van der Waals surface area (Å²) in [6.07, 6.45) is 0.982. The van der Waals surface area contributed by atoms with Crippen LogP contribution in [0.25, 0.3) is 6.08 Å². The molecule has 2 amide bonds. The zero-order chi connectivity index (χ0) is 29.8. The average Bonchev–Trinajstić information content (AvgIpc) is 3.50. The lowest BCUT2D eigenvalue weighted by atomic mass is 10.1. The molecule has 0 aliphatic carbocycles. The van der Waals surface area contributed by atoms with E-state index in [0.29, 0.717) is 50.0 Å². The van der Waals surface area contributed by atoms with Gasteiger partial charge in [0.1, 0.15) is 0 Å². The van der Waals surface area contributed by atoms with Gasteiger partial charge in [-0.2, -0.15) is 0 Å². The minimum atomic E-state index is -2.27.